The monoisotopic (exact) mass is 246 g/mol. The minimum Gasteiger partial charge on any atom is -0.271 e. The van der Waals surface area contributed by atoms with E-state index in [1.165, 1.54) is 12.1 Å². The highest BCUT2D eigenvalue weighted by Gasteiger charge is 2.05. The summed E-state index contributed by atoms with van der Waals surface area (Å²) in [4.78, 5) is 0. The van der Waals surface area contributed by atoms with Crippen molar-refractivity contribution >= 4 is 15.9 Å². The van der Waals surface area contributed by atoms with Gasteiger partial charge in [0.2, 0.25) is 0 Å². The Labute approximate surface area is 85.4 Å². The van der Waals surface area contributed by atoms with Gasteiger partial charge in [0.25, 0.3) is 0 Å². The fraction of sp³-hybridized carbons (Fsp3) is 0.333. The molecule has 3 N–H and O–H groups in total. The molecule has 72 valence electrons. The molecule has 1 aromatic carbocycles. The van der Waals surface area contributed by atoms with Crippen molar-refractivity contribution in [1.82, 2.24) is 5.43 Å². The molecule has 0 heterocycles. The normalized spacial score (nSPS) is 12.9. The van der Waals surface area contributed by atoms with E-state index in [9.17, 15) is 4.39 Å². The van der Waals surface area contributed by atoms with E-state index in [4.69, 9.17) is 5.84 Å². The first-order valence-corrected chi connectivity index (χ1v) is 4.83. The molecular formula is C9H12BrFN2. The largest absolute Gasteiger partial charge is 0.271 e. The number of rotatable bonds is 3. The van der Waals surface area contributed by atoms with Gasteiger partial charge in [-0.15, -0.1) is 0 Å². The van der Waals surface area contributed by atoms with Gasteiger partial charge in [-0.3, -0.25) is 11.3 Å². The van der Waals surface area contributed by atoms with Crippen LogP contribution in [0.25, 0.3) is 0 Å². The number of nitrogens with two attached hydrogens (primary N) is 1. The summed E-state index contributed by atoms with van der Waals surface area (Å²) in [7, 11) is 0. The molecule has 0 aliphatic rings. The second-order valence-electron chi connectivity index (χ2n) is 3.01. The highest BCUT2D eigenvalue weighted by atomic mass is 79.9. The molecule has 0 spiro atoms. The van der Waals surface area contributed by atoms with Gasteiger partial charge in [0.1, 0.15) is 5.82 Å². The Morgan fingerprint density at radius 3 is 2.92 bits per heavy atom. The van der Waals surface area contributed by atoms with Gasteiger partial charge in [-0.05, 0) is 37.1 Å². The predicted octanol–water partition coefficient (Wildman–Crippen LogP) is 1.98. The molecule has 0 amide bonds. The molecule has 1 rings (SSSR count). The highest BCUT2D eigenvalue weighted by molar-refractivity contribution is 9.10. The third kappa shape index (κ3) is 3.06. The predicted molar refractivity (Wildman–Crippen MR) is 54.6 cm³/mol. The molecule has 1 atom stereocenters. The third-order valence-corrected chi connectivity index (χ3v) is 2.59. The van der Waals surface area contributed by atoms with Crippen LogP contribution >= 0.6 is 15.9 Å². The lowest BCUT2D eigenvalue weighted by molar-refractivity contribution is 0.562. The summed E-state index contributed by atoms with van der Waals surface area (Å²) in [5, 5.41) is 0. The van der Waals surface area contributed by atoms with Gasteiger partial charge in [-0.1, -0.05) is 15.9 Å². The van der Waals surface area contributed by atoms with Crippen molar-refractivity contribution in [3.63, 3.8) is 0 Å². The third-order valence-electron chi connectivity index (χ3n) is 1.82. The Hall–Kier alpha value is -0.450. The molecule has 13 heavy (non-hydrogen) atoms. The van der Waals surface area contributed by atoms with Crippen molar-refractivity contribution < 1.29 is 4.39 Å². The average molecular weight is 247 g/mol. The van der Waals surface area contributed by atoms with Crippen molar-refractivity contribution in [1.29, 1.82) is 0 Å². The Morgan fingerprint density at radius 2 is 2.31 bits per heavy atom. The molecule has 0 aliphatic heterocycles. The topological polar surface area (TPSA) is 38.0 Å². The summed E-state index contributed by atoms with van der Waals surface area (Å²) in [5.41, 5.74) is 3.54. The molecule has 0 radical (unpaired) electrons. The van der Waals surface area contributed by atoms with Crippen LogP contribution in [-0.4, -0.2) is 6.04 Å². The fourth-order valence-corrected chi connectivity index (χ4v) is 1.50. The number of hydrazine groups is 1. The van der Waals surface area contributed by atoms with E-state index in [0.29, 0.717) is 6.42 Å². The van der Waals surface area contributed by atoms with Crippen LogP contribution in [0.1, 0.15) is 12.5 Å². The van der Waals surface area contributed by atoms with Gasteiger partial charge in [-0.2, -0.15) is 0 Å². The molecule has 0 bridgehead atoms. The first kappa shape index (κ1) is 10.6. The van der Waals surface area contributed by atoms with Crippen molar-refractivity contribution in [3.05, 3.63) is 34.1 Å². The standard InChI is InChI=1S/C9H12BrFN2/c1-6(13-12)4-7-5-8(11)2-3-9(7)10/h2-3,5-6,13H,4,12H2,1H3. The molecule has 0 fully saturated rings. The number of nitrogens with one attached hydrogen (secondary N) is 1. The van der Waals surface area contributed by atoms with Gasteiger partial charge in [0, 0.05) is 10.5 Å². The van der Waals surface area contributed by atoms with Crippen LogP contribution in [0.4, 0.5) is 4.39 Å². The summed E-state index contributed by atoms with van der Waals surface area (Å²) in [6, 6.07) is 4.78. The van der Waals surface area contributed by atoms with E-state index in [1.54, 1.807) is 6.07 Å². The summed E-state index contributed by atoms with van der Waals surface area (Å²) >= 11 is 3.35. The van der Waals surface area contributed by atoms with Gasteiger partial charge in [0.15, 0.2) is 0 Å². The van der Waals surface area contributed by atoms with E-state index in [1.807, 2.05) is 6.92 Å². The van der Waals surface area contributed by atoms with Crippen LogP contribution in [0.3, 0.4) is 0 Å². The molecule has 1 unspecified atom stereocenters. The Balaban J connectivity index is 2.81. The Morgan fingerprint density at radius 1 is 1.62 bits per heavy atom. The summed E-state index contributed by atoms with van der Waals surface area (Å²) in [6.07, 6.45) is 0.703. The average Bonchev–Trinajstić information content (AvgIpc) is 2.11. The maximum atomic E-state index is 12.8. The van der Waals surface area contributed by atoms with Gasteiger partial charge in [-0.25, -0.2) is 4.39 Å². The highest BCUT2D eigenvalue weighted by Crippen LogP contribution is 2.19. The maximum Gasteiger partial charge on any atom is 0.123 e. The van der Waals surface area contributed by atoms with Crippen LogP contribution < -0.4 is 11.3 Å². The van der Waals surface area contributed by atoms with Crippen LogP contribution in [0.5, 0.6) is 0 Å². The molecule has 0 aromatic heterocycles. The number of hydrogen-bond acceptors (Lipinski definition) is 2. The van der Waals surface area contributed by atoms with Gasteiger partial charge in [0.05, 0.1) is 0 Å². The van der Waals surface area contributed by atoms with Crippen LogP contribution in [0, 0.1) is 5.82 Å². The summed E-state index contributed by atoms with van der Waals surface area (Å²) in [5.74, 6) is 5.03. The lowest BCUT2D eigenvalue weighted by Gasteiger charge is -2.10. The van der Waals surface area contributed by atoms with Crippen LogP contribution in [-0.2, 0) is 6.42 Å². The van der Waals surface area contributed by atoms with Crippen molar-refractivity contribution in [2.45, 2.75) is 19.4 Å². The number of halogens is 2. The van der Waals surface area contributed by atoms with E-state index < -0.39 is 0 Å². The Bertz CT molecular complexity index is 291. The minimum absolute atomic E-state index is 0.137. The van der Waals surface area contributed by atoms with Crippen molar-refractivity contribution in [3.8, 4) is 0 Å². The first-order valence-electron chi connectivity index (χ1n) is 4.03. The Kier molecular flexibility index (Phi) is 3.84. The van der Waals surface area contributed by atoms with Crippen molar-refractivity contribution in [2.24, 2.45) is 5.84 Å². The van der Waals surface area contributed by atoms with Gasteiger partial charge >= 0.3 is 0 Å². The lowest BCUT2D eigenvalue weighted by atomic mass is 10.1. The molecule has 0 saturated heterocycles. The second kappa shape index (κ2) is 4.69. The molecule has 4 heteroatoms. The zero-order valence-electron chi connectivity index (χ0n) is 7.35. The number of hydrogen-bond donors (Lipinski definition) is 2. The zero-order valence-corrected chi connectivity index (χ0v) is 8.94. The van der Waals surface area contributed by atoms with Crippen LogP contribution in [0.15, 0.2) is 22.7 Å². The maximum absolute atomic E-state index is 12.8. The first-order chi connectivity index (χ1) is 6.13. The second-order valence-corrected chi connectivity index (χ2v) is 3.86. The van der Waals surface area contributed by atoms with E-state index in [2.05, 4.69) is 21.4 Å². The molecule has 2 nitrogen and oxygen atoms in total. The summed E-state index contributed by atoms with van der Waals surface area (Å²) < 4.78 is 13.7. The minimum atomic E-state index is -0.220. The lowest BCUT2D eigenvalue weighted by Crippen LogP contribution is -2.34. The van der Waals surface area contributed by atoms with E-state index in [0.717, 1.165) is 10.0 Å². The molecular weight excluding hydrogens is 235 g/mol. The quantitative estimate of drug-likeness (QED) is 0.633. The fourth-order valence-electron chi connectivity index (χ4n) is 1.09. The SMILES string of the molecule is CC(Cc1cc(F)ccc1Br)NN. The number of benzene rings is 1. The van der Waals surface area contributed by atoms with E-state index >= 15 is 0 Å². The van der Waals surface area contributed by atoms with Crippen LogP contribution in [0.2, 0.25) is 0 Å². The molecule has 0 aliphatic carbocycles. The molecule has 0 saturated carbocycles. The van der Waals surface area contributed by atoms with E-state index in [-0.39, 0.29) is 11.9 Å². The molecule has 1 aromatic rings. The zero-order chi connectivity index (χ0) is 9.84. The summed E-state index contributed by atoms with van der Waals surface area (Å²) in [6.45, 7) is 1.94. The van der Waals surface area contributed by atoms with Crippen molar-refractivity contribution in [2.75, 3.05) is 0 Å². The smallest absolute Gasteiger partial charge is 0.123 e. The van der Waals surface area contributed by atoms with Gasteiger partial charge < -0.3 is 0 Å².